The van der Waals surface area contributed by atoms with E-state index in [0.717, 1.165) is 0 Å². The van der Waals surface area contributed by atoms with Gasteiger partial charge < -0.3 is 15.3 Å². The fraction of sp³-hybridized carbons (Fsp3) is 0.714. The first-order valence-electron chi connectivity index (χ1n) is 4.03. The van der Waals surface area contributed by atoms with Crippen molar-refractivity contribution < 1.29 is 20.1 Å². The minimum absolute atomic E-state index is 0.339. The van der Waals surface area contributed by atoms with Gasteiger partial charge in [-0.3, -0.25) is 0 Å². The van der Waals surface area contributed by atoms with Crippen LogP contribution < -0.4 is 5.73 Å². The van der Waals surface area contributed by atoms with Gasteiger partial charge in [0, 0.05) is 0 Å². The standard InChI is InChI=1S/C7H11ClN2O3/c1-2-12-7(11)6(9)4-3-5(8)10-13-4/h4,6H,2-3,9H2,1H3/p+1/t4-,6-/m0/s1. The van der Waals surface area contributed by atoms with Crippen LogP contribution in [0.25, 0.3) is 0 Å². The minimum atomic E-state index is -0.569. The molecule has 2 atom stereocenters. The van der Waals surface area contributed by atoms with E-state index < -0.39 is 6.04 Å². The first kappa shape index (κ1) is 10.3. The summed E-state index contributed by atoms with van der Waals surface area (Å²) in [5.41, 5.74) is 3.64. The van der Waals surface area contributed by atoms with Crippen LogP contribution in [0.4, 0.5) is 0 Å². The van der Waals surface area contributed by atoms with E-state index in [0.29, 0.717) is 18.2 Å². The quantitative estimate of drug-likeness (QED) is 0.634. The Balaban J connectivity index is 2.40. The molecule has 0 spiro atoms. The Hall–Kier alpha value is -0.810. The fourth-order valence-electron chi connectivity index (χ4n) is 0.982. The van der Waals surface area contributed by atoms with Crippen LogP contribution in [0, 0.1) is 0 Å². The van der Waals surface area contributed by atoms with E-state index >= 15 is 0 Å². The van der Waals surface area contributed by atoms with E-state index in [1.165, 1.54) is 0 Å². The average molecular weight is 208 g/mol. The van der Waals surface area contributed by atoms with Crippen molar-refractivity contribution in [1.82, 2.24) is 0 Å². The molecule has 3 N–H and O–H groups in total. The van der Waals surface area contributed by atoms with E-state index in [2.05, 4.69) is 10.9 Å². The smallest absolute Gasteiger partial charge is 0.368 e. The normalized spacial score (nSPS) is 23.3. The number of halogens is 1. The lowest BCUT2D eigenvalue weighted by Crippen LogP contribution is -2.70. The highest BCUT2D eigenvalue weighted by Crippen LogP contribution is 2.14. The average Bonchev–Trinajstić information content (AvgIpc) is 2.51. The number of hydrogen-bond acceptors (Lipinski definition) is 4. The van der Waals surface area contributed by atoms with Crippen LogP contribution in [0.15, 0.2) is 5.16 Å². The van der Waals surface area contributed by atoms with Crippen molar-refractivity contribution in [3.8, 4) is 0 Å². The molecule has 1 aliphatic rings. The first-order valence-corrected chi connectivity index (χ1v) is 4.40. The van der Waals surface area contributed by atoms with E-state index in [1.54, 1.807) is 6.92 Å². The number of ether oxygens (including phenoxy) is 1. The maximum atomic E-state index is 11.2. The van der Waals surface area contributed by atoms with Crippen molar-refractivity contribution in [2.75, 3.05) is 6.61 Å². The van der Waals surface area contributed by atoms with Crippen LogP contribution in [-0.2, 0) is 14.4 Å². The minimum Gasteiger partial charge on any atom is -0.461 e. The lowest BCUT2D eigenvalue weighted by atomic mass is 10.1. The SMILES string of the molecule is CCOC(=O)[C@@H]([NH3+])[C@@H]1CC(Cl)=NO1. The zero-order chi connectivity index (χ0) is 9.84. The van der Waals surface area contributed by atoms with Crippen LogP contribution >= 0.6 is 11.6 Å². The summed E-state index contributed by atoms with van der Waals surface area (Å²) in [4.78, 5) is 16.1. The van der Waals surface area contributed by atoms with Gasteiger partial charge in [-0.25, -0.2) is 4.79 Å². The van der Waals surface area contributed by atoms with Gasteiger partial charge in [-0.1, -0.05) is 16.8 Å². The van der Waals surface area contributed by atoms with Gasteiger partial charge in [-0.15, -0.1) is 0 Å². The van der Waals surface area contributed by atoms with Crippen LogP contribution in [0.5, 0.6) is 0 Å². The molecular formula is C7H12ClN2O3+. The molecule has 13 heavy (non-hydrogen) atoms. The molecule has 0 aromatic rings. The number of carbonyl (C=O) groups excluding carboxylic acids is 1. The molecule has 1 aliphatic heterocycles. The molecule has 1 rings (SSSR count). The molecule has 1 heterocycles. The zero-order valence-corrected chi connectivity index (χ0v) is 8.08. The number of nitrogens with zero attached hydrogens (tertiary/aromatic N) is 1. The van der Waals surface area contributed by atoms with Gasteiger partial charge >= 0.3 is 5.97 Å². The Morgan fingerprint density at radius 2 is 2.69 bits per heavy atom. The first-order chi connectivity index (χ1) is 6.15. The van der Waals surface area contributed by atoms with Crippen LogP contribution in [0.3, 0.4) is 0 Å². The molecule has 0 amide bonds. The third-order valence-electron chi connectivity index (χ3n) is 1.69. The van der Waals surface area contributed by atoms with E-state index in [9.17, 15) is 4.79 Å². The summed E-state index contributed by atoms with van der Waals surface area (Å²) in [6.07, 6.45) is 0.0423. The van der Waals surface area contributed by atoms with Gasteiger partial charge in [0.15, 0.2) is 6.10 Å². The van der Waals surface area contributed by atoms with E-state index in [1.807, 2.05) is 0 Å². The van der Waals surface area contributed by atoms with Gasteiger partial charge in [-0.05, 0) is 6.92 Å². The number of esters is 1. The molecule has 0 aromatic heterocycles. The Labute approximate surface area is 80.8 Å². The van der Waals surface area contributed by atoms with Crippen molar-refractivity contribution in [2.45, 2.75) is 25.5 Å². The van der Waals surface area contributed by atoms with Gasteiger partial charge in [0.2, 0.25) is 6.04 Å². The number of rotatable bonds is 3. The van der Waals surface area contributed by atoms with Gasteiger partial charge in [0.25, 0.3) is 0 Å². The van der Waals surface area contributed by atoms with Gasteiger partial charge in [-0.2, -0.15) is 0 Å². The Bertz CT molecular complexity index is 232. The summed E-state index contributed by atoms with van der Waals surface area (Å²) in [5, 5.41) is 3.88. The predicted octanol–water partition coefficient (Wildman–Crippen LogP) is -0.499. The molecule has 0 radical (unpaired) electrons. The van der Waals surface area contributed by atoms with Crippen LogP contribution in [0.2, 0.25) is 0 Å². The molecular weight excluding hydrogens is 196 g/mol. The highest BCUT2D eigenvalue weighted by Gasteiger charge is 2.35. The third kappa shape index (κ3) is 2.57. The molecule has 0 aliphatic carbocycles. The summed E-state index contributed by atoms with van der Waals surface area (Å²) < 4.78 is 4.78. The third-order valence-corrected chi connectivity index (χ3v) is 1.92. The Morgan fingerprint density at radius 3 is 3.15 bits per heavy atom. The molecule has 6 heteroatoms. The Morgan fingerprint density at radius 1 is 2.00 bits per heavy atom. The molecule has 0 unspecified atom stereocenters. The molecule has 74 valence electrons. The number of oxime groups is 1. The lowest BCUT2D eigenvalue weighted by molar-refractivity contribution is -0.426. The second kappa shape index (κ2) is 4.43. The largest absolute Gasteiger partial charge is 0.461 e. The van der Waals surface area contributed by atoms with Crippen molar-refractivity contribution in [3.05, 3.63) is 0 Å². The zero-order valence-electron chi connectivity index (χ0n) is 7.33. The molecule has 0 bridgehead atoms. The maximum absolute atomic E-state index is 11.2. The topological polar surface area (TPSA) is 75.5 Å². The fourth-order valence-corrected chi connectivity index (χ4v) is 1.17. The number of carbonyl (C=O) groups is 1. The number of quaternary nitrogens is 1. The molecule has 0 saturated carbocycles. The second-order valence-corrected chi connectivity index (χ2v) is 3.11. The summed E-state index contributed by atoms with van der Waals surface area (Å²) in [5.74, 6) is -0.380. The highest BCUT2D eigenvalue weighted by atomic mass is 35.5. The monoisotopic (exact) mass is 207 g/mol. The van der Waals surface area contributed by atoms with Crippen LogP contribution in [-0.4, -0.2) is 29.9 Å². The van der Waals surface area contributed by atoms with Crippen molar-refractivity contribution in [3.63, 3.8) is 0 Å². The summed E-state index contributed by atoms with van der Waals surface area (Å²) in [6, 6.07) is -0.569. The number of hydrogen-bond donors (Lipinski definition) is 1. The molecule has 0 fully saturated rings. The second-order valence-electron chi connectivity index (χ2n) is 2.67. The summed E-state index contributed by atoms with van der Waals surface area (Å²) in [7, 11) is 0. The van der Waals surface area contributed by atoms with E-state index in [4.69, 9.17) is 21.2 Å². The Kier molecular flexibility index (Phi) is 3.50. The van der Waals surface area contributed by atoms with Crippen molar-refractivity contribution in [2.24, 2.45) is 5.16 Å². The van der Waals surface area contributed by atoms with Gasteiger partial charge in [0.05, 0.1) is 13.0 Å². The van der Waals surface area contributed by atoms with Crippen LogP contribution in [0.1, 0.15) is 13.3 Å². The lowest BCUT2D eigenvalue weighted by Gasteiger charge is -2.11. The molecule has 0 saturated heterocycles. The van der Waals surface area contributed by atoms with E-state index in [-0.39, 0.29) is 12.1 Å². The maximum Gasteiger partial charge on any atom is 0.368 e. The van der Waals surface area contributed by atoms with Crippen molar-refractivity contribution >= 4 is 22.7 Å². The summed E-state index contributed by atoms with van der Waals surface area (Å²) >= 11 is 5.58. The molecule has 0 aromatic carbocycles. The van der Waals surface area contributed by atoms with Gasteiger partial charge in [0.1, 0.15) is 5.17 Å². The highest BCUT2D eigenvalue weighted by molar-refractivity contribution is 6.65. The molecule has 5 nitrogen and oxygen atoms in total. The van der Waals surface area contributed by atoms with Crippen molar-refractivity contribution in [1.29, 1.82) is 0 Å². The summed E-state index contributed by atoms with van der Waals surface area (Å²) in [6.45, 7) is 2.08. The predicted molar refractivity (Wildman–Crippen MR) is 46.1 cm³/mol.